The van der Waals surface area contributed by atoms with Crippen molar-refractivity contribution >= 4 is 21.6 Å². The third-order valence-corrected chi connectivity index (χ3v) is 5.34. The summed E-state index contributed by atoms with van der Waals surface area (Å²) in [6.45, 7) is 5.69. The first-order chi connectivity index (χ1) is 11.7. The van der Waals surface area contributed by atoms with E-state index in [-0.39, 0.29) is 19.0 Å². The van der Waals surface area contributed by atoms with Crippen LogP contribution in [-0.2, 0) is 21.4 Å². The lowest BCUT2D eigenvalue weighted by atomic mass is 10.1. The normalized spacial score (nSPS) is 11.6. The fraction of sp³-hybridized carbons (Fsp3) is 0.316. The molecule has 0 aromatic heterocycles. The molecule has 0 aliphatic rings. The van der Waals surface area contributed by atoms with E-state index < -0.39 is 10.0 Å². The molecule has 6 heteroatoms. The van der Waals surface area contributed by atoms with Gasteiger partial charge < -0.3 is 5.32 Å². The van der Waals surface area contributed by atoms with Crippen molar-refractivity contribution in [2.75, 3.05) is 18.1 Å². The number of sulfonamides is 1. The molecule has 2 aromatic rings. The summed E-state index contributed by atoms with van der Waals surface area (Å²) >= 11 is 0. The Labute approximate surface area is 149 Å². The summed E-state index contributed by atoms with van der Waals surface area (Å²) in [6, 6.07) is 13.3. The van der Waals surface area contributed by atoms with Crippen LogP contribution < -0.4 is 5.32 Å². The lowest BCUT2D eigenvalue weighted by Gasteiger charge is -2.21. The second-order valence-electron chi connectivity index (χ2n) is 6.27. The molecule has 1 amide bonds. The minimum Gasteiger partial charge on any atom is -0.324 e. The molecule has 2 rings (SSSR count). The maximum absolute atomic E-state index is 12.4. The van der Waals surface area contributed by atoms with Gasteiger partial charge in [0.15, 0.2) is 0 Å². The molecule has 134 valence electrons. The molecule has 0 spiro atoms. The zero-order chi connectivity index (χ0) is 18.6. The van der Waals surface area contributed by atoms with E-state index in [2.05, 4.69) is 5.32 Å². The Kier molecular flexibility index (Phi) is 5.98. The standard InChI is InChI=1S/C19H24N2O3S/c1-14-8-5-6-11-17(14)12-21(25(4,23)24)13-18(22)20-19-15(2)9-7-10-16(19)3/h5-11H,12-13H2,1-4H3,(H,20,22). The van der Waals surface area contributed by atoms with E-state index in [1.165, 1.54) is 4.31 Å². The van der Waals surface area contributed by atoms with Crippen molar-refractivity contribution in [1.82, 2.24) is 4.31 Å². The van der Waals surface area contributed by atoms with E-state index in [1.807, 2.05) is 63.2 Å². The maximum atomic E-state index is 12.4. The molecule has 2 aromatic carbocycles. The lowest BCUT2D eigenvalue weighted by Crippen LogP contribution is -2.37. The molecule has 0 aliphatic heterocycles. The summed E-state index contributed by atoms with van der Waals surface area (Å²) in [7, 11) is -3.51. The van der Waals surface area contributed by atoms with Gasteiger partial charge in [0.1, 0.15) is 0 Å². The van der Waals surface area contributed by atoms with Gasteiger partial charge in [-0.1, -0.05) is 42.5 Å². The predicted molar refractivity (Wildman–Crippen MR) is 101 cm³/mol. The number of hydrogen-bond acceptors (Lipinski definition) is 3. The van der Waals surface area contributed by atoms with Crippen LogP contribution in [0.3, 0.4) is 0 Å². The van der Waals surface area contributed by atoms with Gasteiger partial charge in [-0.2, -0.15) is 4.31 Å². The number of carbonyl (C=O) groups is 1. The van der Waals surface area contributed by atoms with Crippen LogP contribution in [0, 0.1) is 20.8 Å². The predicted octanol–water partition coefficient (Wildman–Crippen LogP) is 3.01. The summed E-state index contributed by atoms with van der Waals surface area (Å²) in [5.74, 6) is -0.351. The number of hydrogen-bond donors (Lipinski definition) is 1. The average Bonchev–Trinajstić information content (AvgIpc) is 2.51. The van der Waals surface area contributed by atoms with Gasteiger partial charge in [-0.25, -0.2) is 8.42 Å². The smallest absolute Gasteiger partial charge is 0.239 e. The number of amides is 1. The van der Waals surface area contributed by atoms with Gasteiger partial charge in [0.05, 0.1) is 12.8 Å². The van der Waals surface area contributed by atoms with Gasteiger partial charge >= 0.3 is 0 Å². The van der Waals surface area contributed by atoms with E-state index in [9.17, 15) is 13.2 Å². The molecule has 25 heavy (non-hydrogen) atoms. The monoisotopic (exact) mass is 360 g/mol. The van der Waals surface area contributed by atoms with Crippen molar-refractivity contribution in [2.24, 2.45) is 0 Å². The van der Waals surface area contributed by atoms with Crippen LogP contribution in [0.5, 0.6) is 0 Å². The van der Waals surface area contributed by atoms with Crippen LogP contribution in [0.2, 0.25) is 0 Å². The van der Waals surface area contributed by atoms with Gasteiger partial charge in [-0.05, 0) is 43.0 Å². The maximum Gasteiger partial charge on any atom is 0.239 e. The van der Waals surface area contributed by atoms with Crippen LogP contribution >= 0.6 is 0 Å². The number of benzene rings is 2. The fourth-order valence-corrected chi connectivity index (χ4v) is 3.34. The van der Waals surface area contributed by atoms with Gasteiger partial charge in [0.2, 0.25) is 15.9 Å². The molecule has 0 aliphatic carbocycles. The van der Waals surface area contributed by atoms with Crippen LogP contribution in [0.25, 0.3) is 0 Å². The second-order valence-corrected chi connectivity index (χ2v) is 8.25. The van der Waals surface area contributed by atoms with Crippen molar-refractivity contribution in [2.45, 2.75) is 27.3 Å². The Balaban J connectivity index is 2.18. The van der Waals surface area contributed by atoms with Gasteiger partial charge in [-0.3, -0.25) is 4.79 Å². The number of nitrogens with zero attached hydrogens (tertiary/aromatic N) is 1. The topological polar surface area (TPSA) is 66.5 Å². The second kappa shape index (κ2) is 7.80. The Hall–Kier alpha value is -2.18. The molecule has 0 atom stereocenters. The SMILES string of the molecule is Cc1ccccc1CN(CC(=O)Nc1c(C)cccc1C)S(C)(=O)=O. The fourth-order valence-electron chi connectivity index (χ4n) is 2.62. The molecule has 0 radical (unpaired) electrons. The van der Waals surface area contributed by atoms with Crippen LogP contribution in [0.1, 0.15) is 22.3 Å². The van der Waals surface area contributed by atoms with E-state index in [0.29, 0.717) is 0 Å². The highest BCUT2D eigenvalue weighted by molar-refractivity contribution is 7.88. The highest BCUT2D eigenvalue weighted by Crippen LogP contribution is 2.20. The van der Waals surface area contributed by atoms with Crippen molar-refractivity contribution in [3.63, 3.8) is 0 Å². The minimum atomic E-state index is -3.51. The lowest BCUT2D eigenvalue weighted by molar-refractivity contribution is -0.116. The Bertz CT molecular complexity index is 856. The summed E-state index contributed by atoms with van der Waals surface area (Å²) in [4.78, 5) is 12.4. The minimum absolute atomic E-state index is 0.172. The summed E-state index contributed by atoms with van der Waals surface area (Å²) in [5, 5.41) is 2.84. The van der Waals surface area contributed by atoms with Gasteiger partial charge in [0.25, 0.3) is 0 Å². The van der Waals surface area contributed by atoms with E-state index in [4.69, 9.17) is 0 Å². The van der Waals surface area contributed by atoms with Crippen molar-refractivity contribution in [3.8, 4) is 0 Å². The van der Waals surface area contributed by atoms with E-state index in [0.717, 1.165) is 34.2 Å². The molecule has 0 heterocycles. The van der Waals surface area contributed by atoms with E-state index >= 15 is 0 Å². The Morgan fingerprint density at radius 1 is 0.960 bits per heavy atom. The average molecular weight is 360 g/mol. The quantitative estimate of drug-likeness (QED) is 0.861. The van der Waals surface area contributed by atoms with Crippen LogP contribution in [-0.4, -0.2) is 31.4 Å². The molecular formula is C19H24N2O3S. The molecule has 0 unspecified atom stereocenters. The Morgan fingerprint density at radius 2 is 1.52 bits per heavy atom. The highest BCUT2D eigenvalue weighted by Gasteiger charge is 2.21. The van der Waals surface area contributed by atoms with Gasteiger partial charge in [-0.15, -0.1) is 0 Å². The van der Waals surface area contributed by atoms with Crippen molar-refractivity contribution in [1.29, 1.82) is 0 Å². The Morgan fingerprint density at radius 3 is 2.08 bits per heavy atom. The third kappa shape index (κ3) is 5.14. The first kappa shape index (κ1) is 19.1. The zero-order valence-corrected chi connectivity index (χ0v) is 15.9. The summed E-state index contributed by atoms with van der Waals surface area (Å²) in [5.41, 5.74) is 4.49. The molecule has 1 N–H and O–H groups in total. The summed E-state index contributed by atoms with van der Waals surface area (Å²) in [6.07, 6.45) is 1.12. The van der Waals surface area contributed by atoms with E-state index in [1.54, 1.807) is 0 Å². The van der Waals surface area contributed by atoms with Crippen molar-refractivity contribution < 1.29 is 13.2 Å². The molecular weight excluding hydrogens is 336 g/mol. The number of aryl methyl sites for hydroxylation is 3. The van der Waals surface area contributed by atoms with Crippen LogP contribution in [0.15, 0.2) is 42.5 Å². The molecule has 0 saturated carbocycles. The number of para-hydroxylation sites is 1. The highest BCUT2D eigenvalue weighted by atomic mass is 32.2. The molecule has 0 saturated heterocycles. The molecule has 0 fully saturated rings. The molecule has 0 bridgehead atoms. The third-order valence-electron chi connectivity index (χ3n) is 4.14. The first-order valence-corrected chi connectivity index (χ1v) is 9.89. The number of anilines is 1. The van der Waals surface area contributed by atoms with Gasteiger partial charge in [0, 0.05) is 12.2 Å². The zero-order valence-electron chi connectivity index (χ0n) is 15.0. The van der Waals surface area contributed by atoms with Crippen LogP contribution in [0.4, 0.5) is 5.69 Å². The number of nitrogens with one attached hydrogen (secondary N) is 1. The molecule has 5 nitrogen and oxygen atoms in total. The first-order valence-electron chi connectivity index (χ1n) is 8.04. The largest absolute Gasteiger partial charge is 0.324 e. The number of carbonyl (C=O) groups excluding carboxylic acids is 1. The van der Waals surface area contributed by atoms with Crippen molar-refractivity contribution in [3.05, 3.63) is 64.7 Å². The summed E-state index contributed by atoms with van der Waals surface area (Å²) < 4.78 is 25.4. The number of rotatable bonds is 6.